The predicted octanol–water partition coefficient (Wildman–Crippen LogP) is 1.79. The monoisotopic (exact) mass is 401 g/mol. The van der Waals surface area contributed by atoms with Crippen LogP contribution in [0.5, 0.6) is 5.75 Å². The van der Waals surface area contributed by atoms with Gasteiger partial charge >= 0.3 is 0 Å². The first-order valence-corrected chi connectivity index (χ1v) is 10.8. The number of hydrogen-bond donors (Lipinski definition) is 1. The van der Waals surface area contributed by atoms with Gasteiger partial charge in [-0.1, -0.05) is 12.1 Å². The van der Waals surface area contributed by atoms with Crippen LogP contribution in [0.2, 0.25) is 0 Å². The Morgan fingerprint density at radius 2 is 1.86 bits per heavy atom. The molecule has 1 atom stereocenters. The molecular formula is C22H35N5O2. The standard InChI is InChI=1S/C22H35N5O2/c1-4-23-22(24-17-19-8-7-9-20(16-19)29-3)27-14-12-25(13-15-27)18(2)21(28)26-10-5-6-11-26/h7-9,16,18H,4-6,10-15,17H2,1-3H3,(H,23,24). The molecule has 2 heterocycles. The summed E-state index contributed by atoms with van der Waals surface area (Å²) in [6.45, 7) is 10.9. The van der Waals surface area contributed by atoms with E-state index in [1.165, 1.54) is 0 Å². The number of methoxy groups -OCH3 is 1. The second-order valence-electron chi connectivity index (χ2n) is 7.75. The summed E-state index contributed by atoms with van der Waals surface area (Å²) >= 11 is 0. The van der Waals surface area contributed by atoms with E-state index in [1.54, 1.807) is 7.11 Å². The predicted molar refractivity (Wildman–Crippen MR) is 116 cm³/mol. The number of hydrogen-bond acceptors (Lipinski definition) is 4. The molecule has 0 spiro atoms. The van der Waals surface area contributed by atoms with Crippen molar-refractivity contribution in [1.29, 1.82) is 0 Å². The molecule has 0 aliphatic carbocycles. The van der Waals surface area contributed by atoms with E-state index in [-0.39, 0.29) is 11.9 Å². The summed E-state index contributed by atoms with van der Waals surface area (Å²) in [5.74, 6) is 2.08. The van der Waals surface area contributed by atoms with Gasteiger partial charge in [-0.2, -0.15) is 0 Å². The second-order valence-corrected chi connectivity index (χ2v) is 7.75. The lowest BCUT2D eigenvalue weighted by Crippen LogP contribution is -2.57. The molecule has 2 fully saturated rings. The highest BCUT2D eigenvalue weighted by Gasteiger charge is 2.30. The molecule has 0 aromatic heterocycles. The van der Waals surface area contributed by atoms with Gasteiger partial charge in [0.05, 0.1) is 19.7 Å². The number of nitrogens with one attached hydrogen (secondary N) is 1. The molecular weight excluding hydrogens is 366 g/mol. The van der Waals surface area contributed by atoms with Crippen LogP contribution >= 0.6 is 0 Å². The Morgan fingerprint density at radius 1 is 1.14 bits per heavy atom. The van der Waals surface area contributed by atoms with E-state index in [0.717, 1.165) is 75.9 Å². The number of likely N-dealkylation sites (tertiary alicyclic amines) is 1. The minimum atomic E-state index is -0.0356. The Bertz CT molecular complexity index is 694. The first-order valence-electron chi connectivity index (χ1n) is 10.8. The van der Waals surface area contributed by atoms with Crippen LogP contribution in [0.25, 0.3) is 0 Å². The molecule has 1 amide bonds. The van der Waals surface area contributed by atoms with E-state index in [9.17, 15) is 4.79 Å². The van der Waals surface area contributed by atoms with Gasteiger partial charge in [0.15, 0.2) is 5.96 Å². The van der Waals surface area contributed by atoms with Crippen molar-refractivity contribution in [3.05, 3.63) is 29.8 Å². The summed E-state index contributed by atoms with van der Waals surface area (Å²) < 4.78 is 5.30. The smallest absolute Gasteiger partial charge is 0.239 e. The first-order chi connectivity index (χ1) is 14.1. The number of carbonyl (C=O) groups excluding carboxylic acids is 1. The van der Waals surface area contributed by atoms with Gasteiger partial charge in [0.1, 0.15) is 5.75 Å². The van der Waals surface area contributed by atoms with Crippen LogP contribution < -0.4 is 10.1 Å². The maximum Gasteiger partial charge on any atom is 0.239 e. The summed E-state index contributed by atoms with van der Waals surface area (Å²) in [6.07, 6.45) is 2.28. The van der Waals surface area contributed by atoms with Crippen molar-refractivity contribution in [2.24, 2.45) is 4.99 Å². The van der Waals surface area contributed by atoms with Gasteiger partial charge < -0.3 is 19.9 Å². The summed E-state index contributed by atoms with van der Waals surface area (Å²) in [6, 6.07) is 8.00. The molecule has 2 saturated heterocycles. The van der Waals surface area contributed by atoms with E-state index in [1.807, 2.05) is 23.1 Å². The average molecular weight is 402 g/mol. The summed E-state index contributed by atoms with van der Waals surface area (Å²) in [4.78, 5) is 24.2. The lowest BCUT2D eigenvalue weighted by molar-refractivity contribution is -0.135. The number of ether oxygens (including phenoxy) is 1. The molecule has 29 heavy (non-hydrogen) atoms. The van der Waals surface area contributed by atoms with Gasteiger partial charge in [-0.05, 0) is 44.4 Å². The number of benzene rings is 1. The third-order valence-electron chi connectivity index (χ3n) is 5.82. The third kappa shape index (κ3) is 5.63. The number of nitrogens with zero attached hydrogens (tertiary/aromatic N) is 4. The van der Waals surface area contributed by atoms with E-state index < -0.39 is 0 Å². The summed E-state index contributed by atoms with van der Waals surface area (Å²) in [5.41, 5.74) is 1.13. The molecule has 0 bridgehead atoms. The zero-order chi connectivity index (χ0) is 20.6. The number of carbonyl (C=O) groups is 1. The highest BCUT2D eigenvalue weighted by atomic mass is 16.5. The van der Waals surface area contributed by atoms with Gasteiger partial charge in [0.2, 0.25) is 5.91 Å². The van der Waals surface area contributed by atoms with Crippen LogP contribution in [0.1, 0.15) is 32.3 Å². The van der Waals surface area contributed by atoms with Crippen LogP contribution in [0, 0.1) is 0 Å². The van der Waals surface area contributed by atoms with Crippen molar-refractivity contribution >= 4 is 11.9 Å². The maximum absolute atomic E-state index is 12.7. The highest BCUT2D eigenvalue weighted by Crippen LogP contribution is 2.15. The topological polar surface area (TPSA) is 60.4 Å². The van der Waals surface area contributed by atoms with Gasteiger partial charge in [-0.3, -0.25) is 9.69 Å². The van der Waals surface area contributed by atoms with Crippen LogP contribution in [0.15, 0.2) is 29.3 Å². The lowest BCUT2D eigenvalue weighted by atomic mass is 10.2. The molecule has 2 aliphatic rings. The average Bonchev–Trinajstić information content (AvgIpc) is 3.31. The summed E-state index contributed by atoms with van der Waals surface area (Å²) in [5, 5.41) is 3.41. The van der Waals surface area contributed by atoms with Crippen molar-refractivity contribution in [1.82, 2.24) is 20.0 Å². The zero-order valence-electron chi connectivity index (χ0n) is 18.1. The Morgan fingerprint density at radius 3 is 2.52 bits per heavy atom. The van der Waals surface area contributed by atoms with E-state index in [4.69, 9.17) is 9.73 Å². The molecule has 1 aromatic rings. The van der Waals surface area contributed by atoms with Crippen molar-refractivity contribution in [2.75, 3.05) is 52.9 Å². The SMILES string of the molecule is CCNC(=NCc1cccc(OC)c1)N1CCN(C(C)C(=O)N2CCCC2)CC1. The molecule has 1 N–H and O–H groups in total. The Balaban J connectivity index is 1.56. The van der Waals surface area contributed by atoms with Crippen molar-refractivity contribution in [3.63, 3.8) is 0 Å². The minimum absolute atomic E-state index is 0.0356. The van der Waals surface area contributed by atoms with Crippen LogP contribution in [0.4, 0.5) is 0 Å². The first kappa shape index (κ1) is 21.4. The molecule has 7 nitrogen and oxygen atoms in total. The highest BCUT2D eigenvalue weighted by molar-refractivity contribution is 5.82. The van der Waals surface area contributed by atoms with Crippen LogP contribution in [0.3, 0.4) is 0 Å². The van der Waals surface area contributed by atoms with Gasteiger partial charge in [-0.25, -0.2) is 4.99 Å². The number of amides is 1. The molecule has 2 aliphatic heterocycles. The zero-order valence-corrected chi connectivity index (χ0v) is 18.1. The van der Waals surface area contributed by atoms with Gasteiger partial charge in [0, 0.05) is 45.8 Å². The number of guanidine groups is 1. The second kappa shape index (κ2) is 10.5. The minimum Gasteiger partial charge on any atom is -0.497 e. The van der Waals surface area contributed by atoms with Crippen molar-refractivity contribution < 1.29 is 9.53 Å². The molecule has 1 aromatic carbocycles. The lowest BCUT2D eigenvalue weighted by Gasteiger charge is -2.39. The number of aliphatic imine (C=N–C) groups is 1. The normalized spacial score (nSPS) is 19.3. The Hall–Kier alpha value is -2.28. The third-order valence-corrected chi connectivity index (χ3v) is 5.82. The van der Waals surface area contributed by atoms with Gasteiger partial charge in [-0.15, -0.1) is 0 Å². The van der Waals surface area contributed by atoms with E-state index in [2.05, 4.69) is 35.0 Å². The fourth-order valence-corrected chi connectivity index (χ4v) is 4.04. The Kier molecular flexibility index (Phi) is 7.75. The molecule has 160 valence electrons. The molecule has 0 radical (unpaired) electrons. The molecule has 3 rings (SSSR count). The van der Waals surface area contributed by atoms with E-state index in [0.29, 0.717) is 6.54 Å². The number of piperazine rings is 1. The maximum atomic E-state index is 12.7. The van der Waals surface area contributed by atoms with Crippen LogP contribution in [-0.4, -0.2) is 85.5 Å². The number of rotatable bonds is 6. The fourth-order valence-electron chi connectivity index (χ4n) is 4.04. The quantitative estimate of drug-likeness (QED) is 0.582. The van der Waals surface area contributed by atoms with Crippen LogP contribution in [-0.2, 0) is 11.3 Å². The fraction of sp³-hybridized carbons (Fsp3) is 0.636. The summed E-state index contributed by atoms with van der Waals surface area (Å²) in [7, 11) is 1.68. The Labute approximate surface area is 174 Å². The molecule has 7 heteroatoms. The van der Waals surface area contributed by atoms with Crippen molar-refractivity contribution in [3.8, 4) is 5.75 Å². The largest absolute Gasteiger partial charge is 0.497 e. The van der Waals surface area contributed by atoms with E-state index >= 15 is 0 Å². The molecule has 0 saturated carbocycles. The molecule has 1 unspecified atom stereocenters. The van der Waals surface area contributed by atoms with Gasteiger partial charge in [0.25, 0.3) is 0 Å². The van der Waals surface area contributed by atoms with Crippen molar-refractivity contribution in [2.45, 2.75) is 39.3 Å².